The third-order valence-corrected chi connectivity index (χ3v) is 5.05. The molecule has 3 rings (SSSR count). The standard InChI is InChI=1S/C21H25N3OS/c1-15-7-6-8-16(2)24(15)20(25)17-11-13-19(14-12-17)23-21(26)22-18-9-4-3-5-10-18/h3-5,9-16H,6-8H2,1-2H3,(H2,22,23,26)/t15-,16-/m1/s1. The second-order valence-electron chi connectivity index (χ2n) is 6.86. The SMILES string of the molecule is C[C@@H]1CCC[C@@H](C)N1C(=O)c1ccc(NC(=S)Nc2ccccc2)cc1. The highest BCUT2D eigenvalue weighted by Gasteiger charge is 2.29. The first-order valence-corrected chi connectivity index (χ1v) is 9.51. The van der Waals surface area contributed by atoms with Crippen LogP contribution in [0.5, 0.6) is 0 Å². The molecule has 1 fully saturated rings. The number of likely N-dealkylation sites (tertiary alicyclic amines) is 1. The Kier molecular flexibility index (Phi) is 5.89. The molecule has 0 saturated carbocycles. The van der Waals surface area contributed by atoms with Crippen molar-refractivity contribution < 1.29 is 4.79 Å². The number of amides is 1. The average Bonchev–Trinajstić information content (AvgIpc) is 2.63. The fourth-order valence-electron chi connectivity index (χ4n) is 3.48. The van der Waals surface area contributed by atoms with Gasteiger partial charge >= 0.3 is 0 Å². The van der Waals surface area contributed by atoms with E-state index in [-0.39, 0.29) is 5.91 Å². The van der Waals surface area contributed by atoms with Crippen LogP contribution in [-0.4, -0.2) is 28.0 Å². The molecule has 0 radical (unpaired) electrons. The van der Waals surface area contributed by atoms with Crippen LogP contribution >= 0.6 is 12.2 Å². The maximum absolute atomic E-state index is 12.9. The molecule has 0 aromatic heterocycles. The molecular weight excluding hydrogens is 342 g/mol. The second kappa shape index (κ2) is 8.32. The molecule has 2 atom stereocenters. The first-order valence-electron chi connectivity index (χ1n) is 9.10. The summed E-state index contributed by atoms with van der Waals surface area (Å²) in [4.78, 5) is 14.9. The van der Waals surface area contributed by atoms with Gasteiger partial charge in [-0.2, -0.15) is 0 Å². The molecule has 0 aliphatic carbocycles. The summed E-state index contributed by atoms with van der Waals surface area (Å²) < 4.78 is 0. The second-order valence-corrected chi connectivity index (χ2v) is 7.27. The lowest BCUT2D eigenvalue weighted by molar-refractivity contribution is 0.0511. The van der Waals surface area contributed by atoms with E-state index in [1.165, 1.54) is 6.42 Å². The summed E-state index contributed by atoms with van der Waals surface area (Å²) in [6.45, 7) is 4.27. The third kappa shape index (κ3) is 4.41. The van der Waals surface area contributed by atoms with Crippen molar-refractivity contribution >= 4 is 34.6 Å². The lowest BCUT2D eigenvalue weighted by atomic mass is 9.96. The van der Waals surface area contributed by atoms with E-state index in [2.05, 4.69) is 24.5 Å². The zero-order valence-electron chi connectivity index (χ0n) is 15.2. The predicted octanol–water partition coefficient (Wildman–Crippen LogP) is 4.90. The summed E-state index contributed by atoms with van der Waals surface area (Å²) in [5, 5.41) is 6.81. The largest absolute Gasteiger partial charge is 0.333 e. The zero-order valence-corrected chi connectivity index (χ0v) is 16.1. The van der Waals surface area contributed by atoms with Crippen LogP contribution in [0.25, 0.3) is 0 Å². The molecule has 136 valence electrons. The van der Waals surface area contributed by atoms with E-state index in [4.69, 9.17) is 12.2 Å². The summed E-state index contributed by atoms with van der Waals surface area (Å²) in [6.07, 6.45) is 3.35. The van der Waals surface area contributed by atoms with E-state index in [1.54, 1.807) is 0 Å². The quantitative estimate of drug-likeness (QED) is 0.758. The molecule has 1 heterocycles. The minimum absolute atomic E-state index is 0.112. The molecule has 0 bridgehead atoms. The molecule has 1 aliphatic rings. The molecule has 1 saturated heterocycles. The highest BCUT2D eigenvalue weighted by atomic mass is 32.1. The number of anilines is 2. The van der Waals surface area contributed by atoms with E-state index in [0.717, 1.165) is 29.8 Å². The number of rotatable bonds is 3. The first-order chi connectivity index (χ1) is 12.5. The van der Waals surface area contributed by atoms with E-state index in [1.807, 2.05) is 59.5 Å². The monoisotopic (exact) mass is 367 g/mol. The van der Waals surface area contributed by atoms with Crippen molar-refractivity contribution in [1.82, 2.24) is 4.90 Å². The van der Waals surface area contributed by atoms with Gasteiger partial charge in [0, 0.05) is 29.0 Å². The van der Waals surface area contributed by atoms with Gasteiger partial charge in [-0.1, -0.05) is 18.2 Å². The fraction of sp³-hybridized carbons (Fsp3) is 0.333. The van der Waals surface area contributed by atoms with Gasteiger partial charge in [0.2, 0.25) is 0 Å². The number of carbonyl (C=O) groups excluding carboxylic acids is 1. The molecule has 1 aliphatic heterocycles. The normalized spacial score (nSPS) is 19.7. The Morgan fingerprint density at radius 1 is 0.923 bits per heavy atom. The van der Waals surface area contributed by atoms with Crippen LogP contribution in [0.4, 0.5) is 11.4 Å². The maximum atomic E-state index is 12.9. The van der Waals surface area contributed by atoms with E-state index in [9.17, 15) is 4.79 Å². The van der Waals surface area contributed by atoms with Crippen LogP contribution in [0.15, 0.2) is 54.6 Å². The van der Waals surface area contributed by atoms with Crippen LogP contribution in [0, 0.1) is 0 Å². The molecule has 1 amide bonds. The Morgan fingerprint density at radius 3 is 2.04 bits per heavy atom. The topological polar surface area (TPSA) is 44.4 Å². The van der Waals surface area contributed by atoms with E-state index >= 15 is 0 Å². The Morgan fingerprint density at radius 2 is 1.46 bits per heavy atom. The summed E-state index contributed by atoms with van der Waals surface area (Å²) in [6, 6.07) is 17.9. The van der Waals surface area contributed by atoms with Gasteiger partial charge in [0.25, 0.3) is 5.91 Å². The fourth-order valence-corrected chi connectivity index (χ4v) is 3.72. The molecule has 0 unspecified atom stereocenters. The number of benzene rings is 2. The van der Waals surface area contributed by atoms with Crippen LogP contribution in [0.3, 0.4) is 0 Å². The lowest BCUT2D eigenvalue weighted by Gasteiger charge is -2.39. The smallest absolute Gasteiger partial charge is 0.254 e. The summed E-state index contributed by atoms with van der Waals surface area (Å²) in [7, 11) is 0. The number of piperidine rings is 1. The molecular formula is C21H25N3OS. The van der Waals surface area contributed by atoms with Crippen molar-refractivity contribution in [3.63, 3.8) is 0 Å². The predicted molar refractivity (Wildman–Crippen MR) is 112 cm³/mol. The molecule has 2 N–H and O–H groups in total. The summed E-state index contributed by atoms with van der Waals surface area (Å²) in [5.41, 5.74) is 2.51. The van der Waals surface area contributed by atoms with Crippen LogP contribution in [-0.2, 0) is 0 Å². The van der Waals surface area contributed by atoms with Gasteiger partial charge in [-0.3, -0.25) is 4.79 Å². The van der Waals surface area contributed by atoms with Crippen molar-refractivity contribution in [1.29, 1.82) is 0 Å². The van der Waals surface area contributed by atoms with E-state index < -0.39 is 0 Å². The Labute approximate surface area is 160 Å². The van der Waals surface area contributed by atoms with Gasteiger partial charge in [-0.15, -0.1) is 0 Å². The van der Waals surface area contributed by atoms with Crippen molar-refractivity contribution in [2.75, 3.05) is 10.6 Å². The van der Waals surface area contributed by atoms with Gasteiger partial charge in [0.05, 0.1) is 0 Å². The van der Waals surface area contributed by atoms with Gasteiger partial charge in [-0.05, 0) is 81.7 Å². The number of hydrogen-bond donors (Lipinski definition) is 2. The molecule has 2 aromatic carbocycles. The Hall–Kier alpha value is -2.40. The maximum Gasteiger partial charge on any atom is 0.254 e. The van der Waals surface area contributed by atoms with Crippen molar-refractivity contribution in [2.24, 2.45) is 0 Å². The molecule has 26 heavy (non-hydrogen) atoms. The van der Waals surface area contributed by atoms with Crippen LogP contribution in [0.1, 0.15) is 43.5 Å². The van der Waals surface area contributed by atoms with E-state index in [0.29, 0.717) is 17.2 Å². The van der Waals surface area contributed by atoms with Crippen molar-refractivity contribution in [3.05, 3.63) is 60.2 Å². The number of nitrogens with one attached hydrogen (secondary N) is 2. The van der Waals surface area contributed by atoms with Gasteiger partial charge in [-0.25, -0.2) is 0 Å². The first kappa shape index (κ1) is 18.4. The van der Waals surface area contributed by atoms with Crippen LogP contribution < -0.4 is 10.6 Å². The highest BCUT2D eigenvalue weighted by Crippen LogP contribution is 2.25. The van der Waals surface area contributed by atoms with Gasteiger partial charge in [0.1, 0.15) is 0 Å². The minimum Gasteiger partial charge on any atom is -0.333 e. The number of carbonyl (C=O) groups is 1. The Bertz CT molecular complexity index is 751. The average molecular weight is 368 g/mol. The van der Waals surface area contributed by atoms with Crippen LogP contribution in [0.2, 0.25) is 0 Å². The Balaban J connectivity index is 1.62. The zero-order chi connectivity index (χ0) is 18.5. The summed E-state index contributed by atoms with van der Waals surface area (Å²) >= 11 is 5.34. The molecule has 4 nitrogen and oxygen atoms in total. The third-order valence-electron chi connectivity index (χ3n) is 4.85. The molecule has 2 aromatic rings. The highest BCUT2D eigenvalue weighted by molar-refractivity contribution is 7.80. The number of thiocarbonyl (C=S) groups is 1. The van der Waals surface area contributed by atoms with Gasteiger partial charge < -0.3 is 15.5 Å². The minimum atomic E-state index is 0.112. The molecule has 5 heteroatoms. The number of hydrogen-bond acceptors (Lipinski definition) is 2. The number of nitrogens with zero attached hydrogens (tertiary/aromatic N) is 1. The van der Waals surface area contributed by atoms with Crippen molar-refractivity contribution in [2.45, 2.75) is 45.2 Å². The molecule has 0 spiro atoms. The van der Waals surface area contributed by atoms with Gasteiger partial charge in [0.15, 0.2) is 5.11 Å². The lowest BCUT2D eigenvalue weighted by Crippen LogP contribution is -2.47. The summed E-state index contributed by atoms with van der Waals surface area (Å²) in [5.74, 6) is 0.112. The van der Waals surface area contributed by atoms with Crippen molar-refractivity contribution in [3.8, 4) is 0 Å². The number of para-hydroxylation sites is 1.